The number of H-pyrrole nitrogens is 1. The molecule has 2 fully saturated rings. The second-order valence-electron chi connectivity index (χ2n) is 9.49. The van der Waals surface area contributed by atoms with Crippen LogP contribution in [0, 0.1) is 17.8 Å². The number of benzene rings is 2. The van der Waals surface area contributed by atoms with E-state index in [-0.39, 0.29) is 6.04 Å². The SMILES string of the molecule is CS(=O)(=O)n1ncc2c3c(ccc21)N[C@@H](c1ccc2[nH]ncc2c1)[C@@H]1C2CCC(C2)[C@H]31. The van der Waals surface area contributed by atoms with Crippen LogP contribution < -0.4 is 5.32 Å². The number of rotatable bonds is 2. The molecule has 5 atom stereocenters. The molecule has 3 aliphatic rings. The van der Waals surface area contributed by atoms with Gasteiger partial charge in [0.05, 0.1) is 35.7 Å². The maximum absolute atomic E-state index is 12.2. The maximum atomic E-state index is 12.2. The Morgan fingerprint density at radius 1 is 1.10 bits per heavy atom. The van der Waals surface area contributed by atoms with Crippen molar-refractivity contribution in [3.05, 3.63) is 53.9 Å². The lowest BCUT2D eigenvalue weighted by molar-refractivity contribution is 0.249. The molecule has 8 heteroatoms. The molecule has 2 N–H and O–H groups in total. The van der Waals surface area contributed by atoms with Gasteiger partial charge in [0.15, 0.2) is 0 Å². The van der Waals surface area contributed by atoms with Gasteiger partial charge < -0.3 is 5.32 Å². The zero-order chi connectivity index (χ0) is 20.9. The minimum atomic E-state index is -3.44. The van der Waals surface area contributed by atoms with Crippen LogP contribution >= 0.6 is 0 Å². The van der Waals surface area contributed by atoms with E-state index in [1.807, 2.05) is 18.3 Å². The van der Waals surface area contributed by atoms with Crippen LogP contribution in [0.3, 0.4) is 0 Å². The van der Waals surface area contributed by atoms with Crippen molar-refractivity contribution < 1.29 is 8.42 Å². The highest BCUT2D eigenvalue weighted by Gasteiger charge is 2.54. The second-order valence-corrected chi connectivity index (χ2v) is 11.3. The predicted octanol–water partition coefficient (Wildman–Crippen LogP) is 4.02. The monoisotopic (exact) mass is 433 g/mol. The molecule has 158 valence electrons. The molecule has 2 saturated carbocycles. The van der Waals surface area contributed by atoms with Crippen molar-refractivity contribution >= 4 is 37.5 Å². The maximum Gasteiger partial charge on any atom is 0.251 e. The van der Waals surface area contributed by atoms with E-state index >= 15 is 0 Å². The van der Waals surface area contributed by atoms with Crippen molar-refractivity contribution in [2.75, 3.05) is 11.6 Å². The largest absolute Gasteiger partial charge is 0.378 e. The van der Waals surface area contributed by atoms with Crippen LogP contribution in [0.1, 0.15) is 42.3 Å². The highest BCUT2D eigenvalue weighted by atomic mass is 32.2. The van der Waals surface area contributed by atoms with Crippen LogP contribution in [0.2, 0.25) is 0 Å². The molecule has 1 aliphatic heterocycles. The van der Waals surface area contributed by atoms with E-state index in [1.54, 1.807) is 6.20 Å². The van der Waals surface area contributed by atoms with E-state index in [0.29, 0.717) is 29.2 Å². The topological polar surface area (TPSA) is 92.7 Å². The fraction of sp³-hybridized carbons (Fsp3) is 0.391. The van der Waals surface area contributed by atoms with Crippen LogP contribution in [0.5, 0.6) is 0 Å². The molecule has 2 aliphatic carbocycles. The number of hydrogen-bond donors (Lipinski definition) is 2. The number of fused-ring (bicyclic) bond motifs is 10. The molecule has 0 spiro atoms. The highest BCUT2D eigenvalue weighted by molar-refractivity contribution is 7.89. The average molecular weight is 434 g/mol. The first-order valence-electron chi connectivity index (χ1n) is 10.9. The normalized spacial score (nSPS) is 29.3. The van der Waals surface area contributed by atoms with Crippen LogP contribution in [-0.4, -0.2) is 34.1 Å². The molecular formula is C23H23N5O2S. The Labute approximate surface area is 179 Å². The van der Waals surface area contributed by atoms with Crippen molar-refractivity contribution in [3.63, 3.8) is 0 Å². The summed E-state index contributed by atoms with van der Waals surface area (Å²) < 4.78 is 25.6. The van der Waals surface area contributed by atoms with Crippen LogP contribution in [0.15, 0.2) is 42.7 Å². The molecule has 0 amide bonds. The van der Waals surface area contributed by atoms with E-state index in [0.717, 1.165) is 22.0 Å². The van der Waals surface area contributed by atoms with Gasteiger partial charge in [0.1, 0.15) is 0 Å². The number of aromatic amines is 1. The van der Waals surface area contributed by atoms with Crippen LogP contribution in [0.4, 0.5) is 5.69 Å². The summed E-state index contributed by atoms with van der Waals surface area (Å²) in [5.41, 5.74) is 5.42. The molecule has 0 radical (unpaired) electrons. The molecule has 31 heavy (non-hydrogen) atoms. The summed E-state index contributed by atoms with van der Waals surface area (Å²) >= 11 is 0. The lowest BCUT2D eigenvalue weighted by atomic mass is 9.67. The molecule has 2 aromatic heterocycles. The quantitative estimate of drug-likeness (QED) is 0.498. The summed E-state index contributed by atoms with van der Waals surface area (Å²) in [6, 6.07) is 10.8. The first-order valence-corrected chi connectivity index (χ1v) is 12.7. The number of nitrogens with one attached hydrogen (secondary N) is 2. The predicted molar refractivity (Wildman–Crippen MR) is 119 cm³/mol. The van der Waals surface area contributed by atoms with Crippen molar-refractivity contribution in [1.82, 2.24) is 19.4 Å². The lowest BCUT2D eigenvalue weighted by Crippen LogP contribution is -2.35. The molecular weight excluding hydrogens is 410 g/mol. The van der Waals surface area contributed by atoms with Crippen molar-refractivity contribution in [1.29, 1.82) is 0 Å². The van der Waals surface area contributed by atoms with E-state index in [9.17, 15) is 8.42 Å². The number of hydrogen-bond acceptors (Lipinski definition) is 5. The van der Waals surface area contributed by atoms with E-state index in [4.69, 9.17) is 0 Å². The van der Waals surface area contributed by atoms with Crippen LogP contribution in [-0.2, 0) is 10.0 Å². The molecule has 3 heterocycles. The molecule has 7 nitrogen and oxygen atoms in total. The molecule has 7 rings (SSSR count). The lowest BCUT2D eigenvalue weighted by Gasteiger charge is -2.43. The van der Waals surface area contributed by atoms with Crippen LogP contribution in [0.25, 0.3) is 21.8 Å². The van der Waals surface area contributed by atoms with Gasteiger partial charge in [0, 0.05) is 16.5 Å². The molecule has 0 saturated heterocycles. The Kier molecular flexibility index (Phi) is 3.37. The Balaban J connectivity index is 1.43. The fourth-order valence-corrected chi connectivity index (χ4v) is 7.55. The number of anilines is 1. The van der Waals surface area contributed by atoms with Gasteiger partial charge in [-0.1, -0.05) is 6.07 Å². The summed E-state index contributed by atoms with van der Waals surface area (Å²) in [6.45, 7) is 0. The Morgan fingerprint density at radius 2 is 1.97 bits per heavy atom. The zero-order valence-electron chi connectivity index (χ0n) is 17.1. The van der Waals surface area contributed by atoms with Crippen molar-refractivity contribution in [2.45, 2.75) is 31.2 Å². The smallest absolute Gasteiger partial charge is 0.251 e. The number of nitrogens with zero attached hydrogens (tertiary/aromatic N) is 3. The van der Waals surface area contributed by atoms with Gasteiger partial charge >= 0.3 is 0 Å². The van der Waals surface area contributed by atoms with Gasteiger partial charge in [-0.25, -0.2) is 8.42 Å². The van der Waals surface area contributed by atoms with Crippen molar-refractivity contribution in [3.8, 4) is 0 Å². The summed E-state index contributed by atoms with van der Waals surface area (Å²) in [4.78, 5) is 0. The van der Waals surface area contributed by atoms with Gasteiger partial charge in [0.25, 0.3) is 10.0 Å². The Morgan fingerprint density at radius 3 is 2.84 bits per heavy atom. The zero-order valence-corrected chi connectivity index (χ0v) is 17.9. The van der Waals surface area contributed by atoms with Gasteiger partial charge in [-0.05, 0) is 78.3 Å². The highest BCUT2D eigenvalue weighted by Crippen LogP contribution is 2.64. The first-order chi connectivity index (χ1) is 15.0. The summed E-state index contributed by atoms with van der Waals surface area (Å²) in [5, 5.41) is 17.4. The first kappa shape index (κ1) is 17.8. The minimum absolute atomic E-state index is 0.245. The average Bonchev–Trinajstić information content (AvgIpc) is 3.54. The van der Waals surface area contributed by atoms with Gasteiger partial charge in [-0.15, -0.1) is 0 Å². The molecule has 2 bridgehead atoms. The Hall–Kier alpha value is -2.87. The third kappa shape index (κ3) is 2.36. The third-order valence-electron chi connectivity index (χ3n) is 7.91. The molecule has 4 aromatic rings. The van der Waals surface area contributed by atoms with E-state index < -0.39 is 10.0 Å². The minimum Gasteiger partial charge on any atom is -0.378 e. The summed E-state index contributed by atoms with van der Waals surface area (Å²) in [5.74, 6) is 2.29. The van der Waals surface area contributed by atoms with Crippen molar-refractivity contribution in [2.24, 2.45) is 17.8 Å². The van der Waals surface area contributed by atoms with Gasteiger partial charge in [0.2, 0.25) is 0 Å². The third-order valence-corrected chi connectivity index (χ3v) is 8.83. The van der Waals surface area contributed by atoms with Gasteiger partial charge in [-0.3, -0.25) is 5.10 Å². The Bertz CT molecular complexity index is 1470. The van der Waals surface area contributed by atoms with E-state index in [2.05, 4.69) is 38.8 Å². The molecule has 2 aromatic carbocycles. The van der Waals surface area contributed by atoms with Gasteiger partial charge in [-0.2, -0.15) is 14.3 Å². The second kappa shape index (κ2) is 5.88. The standard InChI is InChI=1S/C23H23N5O2S/c1-31(29,30)28-19-7-6-18-22(16(19)11-25-28)20-12-2-3-13(8-12)21(20)23(26-18)14-4-5-17-15(9-14)10-24-27-17/h4-7,9-13,20-21,23,26H,2-3,8H2,1H3,(H,24,27)/t12?,13?,20-,21+,23-/m0/s1. The fourth-order valence-electron chi connectivity index (χ4n) is 6.82. The number of aromatic nitrogens is 4. The summed E-state index contributed by atoms with van der Waals surface area (Å²) in [7, 11) is -3.44. The molecule has 2 unspecified atom stereocenters. The summed E-state index contributed by atoms with van der Waals surface area (Å²) in [6.07, 6.45) is 8.65. The van der Waals surface area contributed by atoms with E-state index in [1.165, 1.54) is 40.7 Å².